The molecule has 2 aliphatic carbocycles. The second kappa shape index (κ2) is 8.89. The van der Waals surface area contributed by atoms with Gasteiger partial charge in [0, 0.05) is 5.41 Å². The van der Waals surface area contributed by atoms with Crippen LogP contribution in [-0.4, -0.2) is 0 Å². The van der Waals surface area contributed by atoms with Gasteiger partial charge in [0.05, 0.1) is 0 Å². The highest BCUT2D eigenvalue weighted by Crippen LogP contribution is 2.50. The molecule has 0 N–H and O–H groups in total. The van der Waals surface area contributed by atoms with Crippen molar-refractivity contribution in [1.82, 2.24) is 0 Å². The summed E-state index contributed by atoms with van der Waals surface area (Å²) < 4.78 is 0. The molecule has 26 heavy (non-hydrogen) atoms. The lowest BCUT2D eigenvalue weighted by molar-refractivity contribution is 0.167. The smallest absolute Gasteiger partial charge is 0.0151 e. The van der Waals surface area contributed by atoms with Gasteiger partial charge in [0.1, 0.15) is 0 Å². The van der Waals surface area contributed by atoms with Gasteiger partial charge >= 0.3 is 0 Å². The molecular weight excluding hydrogens is 312 g/mol. The van der Waals surface area contributed by atoms with Crippen molar-refractivity contribution in [3.8, 4) is 0 Å². The molecule has 1 aromatic rings. The summed E-state index contributed by atoms with van der Waals surface area (Å²) in [4.78, 5) is 0. The van der Waals surface area contributed by atoms with Crippen molar-refractivity contribution in [3.63, 3.8) is 0 Å². The van der Waals surface area contributed by atoms with Crippen LogP contribution in [0.2, 0.25) is 0 Å². The fourth-order valence-corrected chi connectivity index (χ4v) is 5.12. The van der Waals surface area contributed by atoms with Crippen molar-refractivity contribution in [2.24, 2.45) is 17.3 Å². The van der Waals surface area contributed by atoms with Crippen LogP contribution in [0.4, 0.5) is 0 Å². The summed E-state index contributed by atoms with van der Waals surface area (Å²) in [6.07, 6.45) is 19.7. The van der Waals surface area contributed by atoms with Crippen LogP contribution in [0.3, 0.4) is 0 Å². The van der Waals surface area contributed by atoms with Crippen LogP contribution >= 0.6 is 0 Å². The predicted molar refractivity (Wildman–Crippen MR) is 115 cm³/mol. The Morgan fingerprint density at radius 3 is 2.38 bits per heavy atom. The molecule has 0 spiro atoms. The number of hydrogen-bond donors (Lipinski definition) is 0. The minimum absolute atomic E-state index is 0.187. The number of unbranched alkanes of at least 4 members (excludes halogenated alkanes) is 2. The van der Waals surface area contributed by atoms with Crippen LogP contribution in [0, 0.1) is 17.3 Å². The van der Waals surface area contributed by atoms with Gasteiger partial charge in [-0.25, -0.2) is 0 Å². The molecule has 0 nitrogen and oxygen atoms in total. The average molecular weight is 349 g/mol. The molecule has 0 aliphatic heterocycles. The molecule has 140 valence electrons. The SMILES string of the molecule is C=C(C)C1([C@H]2CC[C@H](CCCCC)CC2)C=CC(c2ccccc2)=CC1. The third kappa shape index (κ3) is 4.22. The van der Waals surface area contributed by atoms with Crippen molar-refractivity contribution >= 4 is 5.57 Å². The summed E-state index contributed by atoms with van der Waals surface area (Å²) in [5, 5.41) is 0. The highest BCUT2D eigenvalue weighted by atomic mass is 14.4. The maximum absolute atomic E-state index is 4.42. The first-order valence-electron chi connectivity index (χ1n) is 10.8. The fraction of sp³-hybridized carbons (Fsp3) is 0.538. The van der Waals surface area contributed by atoms with Gasteiger partial charge in [0.2, 0.25) is 0 Å². The van der Waals surface area contributed by atoms with Crippen LogP contribution < -0.4 is 0 Å². The van der Waals surface area contributed by atoms with Gasteiger partial charge in [-0.2, -0.15) is 0 Å². The summed E-state index contributed by atoms with van der Waals surface area (Å²) in [5.74, 6) is 1.75. The number of allylic oxidation sites excluding steroid dienone is 5. The molecule has 1 atom stereocenters. The van der Waals surface area contributed by atoms with Gasteiger partial charge in [-0.15, -0.1) is 0 Å². The molecule has 0 aromatic heterocycles. The average Bonchev–Trinajstić information content (AvgIpc) is 2.69. The van der Waals surface area contributed by atoms with Crippen LogP contribution in [0.15, 0.2) is 60.7 Å². The van der Waals surface area contributed by atoms with E-state index in [1.54, 1.807) is 0 Å². The third-order valence-electron chi connectivity index (χ3n) is 6.91. The van der Waals surface area contributed by atoms with E-state index in [1.165, 1.54) is 68.1 Å². The summed E-state index contributed by atoms with van der Waals surface area (Å²) in [6.45, 7) is 8.98. The zero-order chi connectivity index (χ0) is 18.4. The predicted octanol–water partition coefficient (Wildman–Crippen LogP) is 7.98. The monoisotopic (exact) mass is 348 g/mol. The lowest BCUT2D eigenvalue weighted by Gasteiger charge is -2.44. The van der Waals surface area contributed by atoms with E-state index in [1.807, 2.05) is 0 Å². The lowest BCUT2D eigenvalue weighted by Crippen LogP contribution is -2.33. The van der Waals surface area contributed by atoms with E-state index in [4.69, 9.17) is 0 Å². The van der Waals surface area contributed by atoms with E-state index in [0.29, 0.717) is 0 Å². The summed E-state index contributed by atoms with van der Waals surface area (Å²) in [7, 11) is 0. The molecule has 0 amide bonds. The van der Waals surface area contributed by atoms with E-state index in [-0.39, 0.29) is 5.41 Å². The van der Waals surface area contributed by atoms with Crippen molar-refractivity contribution in [2.45, 2.75) is 71.6 Å². The first-order chi connectivity index (χ1) is 12.7. The fourth-order valence-electron chi connectivity index (χ4n) is 5.12. The standard InChI is InChI=1S/C26H36/c1-4-5-7-10-22-13-15-25(16-14-22)26(21(2)3)19-17-24(18-20-26)23-11-8-6-9-12-23/h6,8-9,11-12,17-19,22,25H,2,4-5,7,10,13-16,20H2,1,3H3/t22-,25-,26?. The Kier molecular flexibility index (Phi) is 6.57. The zero-order valence-electron chi connectivity index (χ0n) is 16.8. The number of benzene rings is 1. The van der Waals surface area contributed by atoms with Crippen LogP contribution in [0.5, 0.6) is 0 Å². The highest BCUT2D eigenvalue weighted by molar-refractivity contribution is 5.75. The Labute approximate surface area is 161 Å². The maximum atomic E-state index is 4.42. The summed E-state index contributed by atoms with van der Waals surface area (Å²) in [6, 6.07) is 10.8. The van der Waals surface area contributed by atoms with Crippen LogP contribution in [-0.2, 0) is 0 Å². The minimum atomic E-state index is 0.187. The van der Waals surface area contributed by atoms with Crippen molar-refractivity contribution in [1.29, 1.82) is 0 Å². The van der Waals surface area contributed by atoms with Crippen LogP contribution in [0.1, 0.15) is 77.2 Å². The van der Waals surface area contributed by atoms with E-state index >= 15 is 0 Å². The van der Waals surface area contributed by atoms with Gasteiger partial charge in [0.25, 0.3) is 0 Å². The molecule has 1 saturated carbocycles. The summed E-state index contributed by atoms with van der Waals surface area (Å²) >= 11 is 0. The molecule has 1 aromatic carbocycles. The molecule has 0 saturated heterocycles. The second-order valence-electron chi connectivity index (χ2n) is 8.60. The number of rotatable bonds is 7. The Morgan fingerprint density at radius 2 is 1.81 bits per heavy atom. The van der Waals surface area contributed by atoms with Gasteiger partial charge in [-0.05, 0) is 49.2 Å². The Morgan fingerprint density at radius 1 is 1.08 bits per heavy atom. The molecule has 1 unspecified atom stereocenters. The van der Waals surface area contributed by atoms with E-state index in [0.717, 1.165) is 18.3 Å². The Balaban J connectivity index is 1.65. The zero-order valence-corrected chi connectivity index (χ0v) is 16.8. The topological polar surface area (TPSA) is 0 Å². The largest absolute Gasteiger partial charge is 0.0992 e. The first-order valence-corrected chi connectivity index (χ1v) is 10.8. The molecule has 3 rings (SSSR count). The van der Waals surface area contributed by atoms with Gasteiger partial charge in [-0.3, -0.25) is 0 Å². The molecule has 1 fully saturated rings. The quantitative estimate of drug-likeness (QED) is 0.346. The first kappa shape index (κ1) is 19.2. The third-order valence-corrected chi connectivity index (χ3v) is 6.91. The molecular formula is C26H36. The van der Waals surface area contributed by atoms with Crippen molar-refractivity contribution < 1.29 is 0 Å². The maximum Gasteiger partial charge on any atom is 0.0151 e. The van der Waals surface area contributed by atoms with Crippen molar-refractivity contribution in [3.05, 3.63) is 66.3 Å². The molecule has 0 bridgehead atoms. The van der Waals surface area contributed by atoms with Gasteiger partial charge < -0.3 is 0 Å². The van der Waals surface area contributed by atoms with E-state index in [2.05, 4.69) is 69.0 Å². The Bertz CT molecular complexity index is 640. The van der Waals surface area contributed by atoms with Gasteiger partial charge in [-0.1, -0.05) is 106 Å². The molecule has 0 radical (unpaired) electrons. The summed E-state index contributed by atoms with van der Waals surface area (Å²) in [5.41, 5.74) is 4.24. The minimum Gasteiger partial charge on any atom is -0.0992 e. The van der Waals surface area contributed by atoms with Crippen LogP contribution in [0.25, 0.3) is 5.57 Å². The van der Waals surface area contributed by atoms with Gasteiger partial charge in [0.15, 0.2) is 0 Å². The highest BCUT2D eigenvalue weighted by Gasteiger charge is 2.39. The lowest BCUT2D eigenvalue weighted by atomic mass is 9.60. The van der Waals surface area contributed by atoms with E-state index in [9.17, 15) is 0 Å². The number of hydrogen-bond acceptors (Lipinski definition) is 0. The Hall–Kier alpha value is -1.56. The molecule has 2 aliphatic rings. The van der Waals surface area contributed by atoms with E-state index < -0.39 is 0 Å². The molecule has 0 heteroatoms. The second-order valence-corrected chi connectivity index (χ2v) is 8.60. The normalized spacial score (nSPS) is 28.6. The molecule has 0 heterocycles. The van der Waals surface area contributed by atoms with Crippen molar-refractivity contribution in [2.75, 3.05) is 0 Å².